The van der Waals surface area contributed by atoms with Gasteiger partial charge in [-0.1, -0.05) is 0 Å². The van der Waals surface area contributed by atoms with Crippen LogP contribution in [0.2, 0.25) is 0 Å². The van der Waals surface area contributed by atoms with E-state index in [9.17, 15) is 9.36 Å². The van der Waals surface area contributed by atoms with Gasteiger partial charge in [-0.05, 0) is 20.3 Å². The first-order valence-electron chi connectivity index (χ1n) is 6.82. The lowest BCUT2D eigenvalue weighted by atomic mass is 10.2. The molecule has 118 valence electrons. The van der Waals surface area contributed by atoms with Gasteiger partial charge < -0.3 is 23.6 Å². The lowest BCUT2D eigenvalue weighted by Gasteiger charge is -2.29. The molecule has 1 heterocycles. The fourth-order valence-electron chi connectivity index (χ4n) is 1.92. The molecule has 7 nitrogen and oxygen atoms in total. The second kappa shape index (κ2) is 8.74. The summed E-state index contributed by atoms with van der Waals surface area (Å²) < 4.78 is 33.6. The van der Waals surface area contributed by atoms with Crippen LogP contribution in [-0.4, -0.2) is 55.9 Å². The second-order valence-corrected chi connectivity index (χ2v) is 6.65. The Kier molecular flexibility index (Phi) is 7.69. The van der Waals surface area contributed by atoms with E-state index in [2.05, 4.69) is 0 Å². The molecule has 8 heteroatoms. The van der Waals surface area contributed by atoms with Crippen molar-refractivity contribution in [3.8, 4) is 0 Å². The van der Waals surface area contributed by atoms with Crippen molar-refractivity contribution >= 4 is 13.6 Å². The third kappa shape index (κ3) is 6.33. The third-order valence-corrected chi connectivity index (χ3v) is 4.92. The van der Waals surface area contributed by atoms with Gasteiger partial charge in [-0.2, -0.15) is 0 Å². The predicted octanol–water partition coefficient (Wildman–Crippen LogP) is 1.90. The van der Waals surface area contributed by atoms with Crippen LogP contribution in [0.15, 0.2) is 0 Å². The highest BCUT2D eigenvalue weighted by Crippen LogP contribution is 2.48. The maximum Gasteiger partial charge on any atom is 0.330 e. The highest BCUT2D eigenvalue weighted by Gasteiger charge is 2.29. The molecule has 0 radical (unpaired) electrons. The van der Waals surface area contributed by atoms with E-state index in [0.29, 0.717) is 26.2 Å². The Morgan fingerprint density at radius 1 is 1.20 bits per heavy atom. The smallest absolute Gasteiger partial charge is 0.330 e. The molecule has 1 saturated heterocycles. The van der Waals surface area contributed by atoms with Crippen molar-refractivity contribution in [1.82, 2.24) is 0 Å². The third-order valence-electron chi connectivity index (χ3n) is 2.81. The fraction of sp³-hybridized carbons (Fsp3) is 0.917. The van der Waals surface area contributed by atoms with Crippen LogP contribution in [0.1, 0.15) is 26.7 Å². The molecule has 1 rings (SSSR count). The van der Waals surface area contributed by atoms with E-state index in [0.717, 1.165) is 0 Å². The molecule has 2 atom stereocenters. The van der Waals surface area contributed by atoms with Gasteiger partial charge in [0.25, 0.3) is 0 Å². The molecule has 0 spiro atoms. The summed E-state index contributed by atoms with van der Waals surface area (Å²) in [5, 5.41) is 8.65. The zero-order valence-electron chi connectivity index (χ0n) is 11.9. The Hall–Kier alpha value is -0.460. The van der Waals surface area contributed by atoms with Gasteiger partial charge in [0, 0.05) is 0 Å². The summed E-state index contributed by atoms with van der Waals surface area (Å²) in [7, 11) is -3.05. The Balaban J connectivity index is 2.32. The molecule has 0 amide bonds. The lowest BCUT2D eigenvalue weighted by Crippen LogP contribution is -2.37. The van der Waals surface area contributed by atoms with Crippen molar-refractivity contribution in [2.75, 3.05) is 32.6 Å². The number of hydrogen-bond donors (Lipinski definition) is 1. The van der Waals surface area contributed by atoms with Gasteiger partial charge in [0.15, 0.2) is 0 Å². The van der Waals surface area contributed by atoms with Gasteiger partial charge in [0.2, 0.25) is 0 Å². The Morgan fingerprint density at radius 3 is 2.20 bits per heavy atom. The van der Waals surface area contributed by atoms with E-state index >= 15 is 0 Å². The number of aliphatic carboxylic acids is 1. The molecule has 0 aromatic heterocycles. The maximum atomic E-state index is 12.2. The lowest BCUT2D eigenvalue weighted by molar-refractivity contribution is -0.156. The Labute approximate surface area is 119 Å². The second-order valence-electron chi connectivity index (χ2n) is 4.47. The van der Waals surface area contributed by atoms with E-state index in [1.54, 1.807) is 13.8 Å². The van der Waals surface area contributed by atoms with E-state index in [1.165, 1.54) is 0 Å². The first-order chi connectivity index (χ1) is 9.49. The zero-order chi connectivity index (χ0) is 15.0. The van der Waals surface area contributed by atoms with Crippen molar-refractivity contribution in [3.05, 3.63) is 0 Å². The molecule has 0 aromatic rings. The summed E-state index contributed by atoms with van der Waals surface area (Å²) in [5.74, 6) is -0.908. The summed E-state index contributed by atoms with van der Waals surface area (Å²) in [6, 6.07) is 0. The predicted molar refractivity (Wildman–Crippen MR) is 72.1 cm³/mol. The molecule has 2 unspecified atom stereocenters. The molecule has 1 aliphatic rings. The van der Waals surface area contributed by atoms with Gasteiger partial charge in [0.05, 0.1) is 51.2 Å². The summed E-state index contributed by atoms with van der Waals surface area (Å²) in [5.41, 5.74) is 0. The van der Waals surface area contributed by atoms with E-state index in [1.807, 2.05) is 0 Å². The van der Waals surface area contributed by atoms with Crippen LogP contribution in [0.5, 0.6) is 0 Å². The molecular formula is C12H23O7P. The number of carboxylic acid groups (broad SMARTS) is 1. The maximum absolute atomic E-state index is 12.2. The topological polar surface area (TPSA) is 91.3 Å². The van der Waals surface area contributed by atoms with E-state index in [4.69, 9.17) is 23.6 Å². The first kappa shape index (κ1) is 17.6. The van der Waals surface area contributed by atoms with Crippen LogP contribution in [0.4, 0.5) is 0 Å². The molecule has 0 saturated carbocycles. The van der Waals surface area contributed by atoms with Crippen molar-refractivity contribution in [3.63, 3.8) is 0 Å². The van der Waals surface area contributed by atoms with E-state index < -0.39 is 19.7 Å². The molecule has 0 aliphatic carbocycles. The summed E-state index contributed by atoms with van der Waals surface area (Å²) in [6.07, 6.45) is 0.0931. The van der Waals surface area contributed by atoms with Crippen molar-refractivity contribution in [2.24, 2.45) is 0 Å². The van der Waals surface area contributed by atoms with Gasteiger partial charge in [-0.15, -0.1) is 0 Å². The quantitative estimate of drug-likeness (QED) is 0.650. The molecule has 1 aliphatic heterocycles. The number of carboxylic acids is 1. The normalized spacial score (nSPS) is 23.7. The van der Waals surface area contributed by atoms with Crippen molar-refractivity contribution in [1.29, 1.82) is 0 Å². The van der Waals surface area contributed by atoms with Crippen LogP contribution in [0, 0.1) is 0 Å². The van der Waals surface area contributed by atoms with Gasteiger partial charge >= 0.3 is 13.6 Å². The molecule has 1 N–H and O–H groups in total. The van der Waals surface area contributed by atoms with Crippen LogP contribution in [-0.2, 0) is 27.9 Å². The summed E-state index contributed by atoms with van der Waals surface area (Å²) in [6.45, 7) is 4.74. The average Bonchev–Trinajstić information content (AvgIpc) is 2.38. The standard InChI is InChI=1S/C12H23O7P/c1-3-18-20(15,19-4-2)6-5-10-8-17-11(9-16-10)7-12(13)14/h10-11H,3-9H2,1-2H3,(H,13,14). The summed E-state index contributed by atoms with van der Waals surface area (Å²) in [4.78, 5) is 10.5. The van der Waals surface area contributed by atoms with Gasteiger partial charge in [0.1, 0.15) is 0 Å². The van der Waals surface area contributed by atoms with Crippen LogP contribution >= 0.6 is 7.60 Å². The molecule has 20 heavy (non-hydrogen) atoms. The minimum Gasteiger partial charge on any atom is -0.481 e. The van der Waals surface area contributed by atoms with Crippen LogP contribution in [0.25, 0.3) is 0 Å². The highest BCUT2D eigenvalue weighted by molar-refractivity contribution is 7.53. The SMILES string of the molecule is CCOP(=O)(CCC1COC(CC(=O)O)CO1)OCC. The Morgan fingerprint density at radius 2 is 1.75 bits per heavy atom. The number of hydrogen-bond acceptors (Lipinski definition) is 6. The van der Waals surface area contributed by atoms with Crippen LogP contribution < -0.4 is 0 Å². The van der Waals surface area contributed by atoms with E-state index in [-0.39, 0.29) is 25.3 Å². The van der Waals surface area contributed by atoms with Crippen molar-refractivity contribution < 1.29 is 33.0 Å². The Bertz CT molecular complexity index is 329. The molecule has 0 bridgehead atoms. The van der Waals surface area contributed by atoms with Gasteiger partial charge in [-0.3, -0.25) is 9.36 Å². The number of ether oxygens (including phenoxy) is 2. The first-order valence-corrected chi connectivity index (χ1v) is 8.55. The monoisotopic (exact) mass is 310 g/mol. The summed E-state index contributed by atoms with van der Waals surface area (Å²) >= 11 is 0. The fourth-order valence-corrected chi connectivity index (χ4v) is 3.65. The van der Waals surface area contributed by atoms with Crippen molar-refractivity contribution in [2.45, 2.75) is 38.9 Å². The van der Waals surface area contributed by atoms with Gasteiger partial charge in [-0.25, -0.2) is 0 Å². The molecule has 0 aromatic carbocycles. The zero-order valence-corrected chi connectivity index (χ0v) is 12.8. The largest absolute Gasteiger partial charge is 0.481 e. The number of rotatable bonds is 9. The molecular weight excluding hydrogens is 287 g/mol. The number of carbonyl (C=O) groups is 1. The average molecular weight is 310 g/mol. The highest BCUT2D eigenvalue weighted by atomic mass is 31.2. The minimum absolute atomic E-state index is 0.0664. The molecule has 1 fully saturated rings. The van der Waals surface area contributed by atoms with Crippen LogP contribution in [0.3, 0.4) is 0 Å². The minimum atomic E-state index is -3.05.